The molecule has 0 aliphatic carbocycles. The number of carboxylic acid groups (broad SMARTS) is 1. The molecule has 1 saturated heterocycles. The van der Waals surface area contributed by atoms with Crippen molar-refractivity contribution < 1.29 is 19.5 Å². The van der Waals surface area contributed by atoms with Crippen molar-refractivity contribution in [2.75, 3.05) is 26.2 Å². The van der Waals surface area contributed by atoms with E-state index in [1.54, 1.807) is 17.0 Å². The Hall–Kier alpha value is -3.15. The van der Waals surface area contributed by atoms with Gasteiger partial charge in [-0.1, -0.05) is 36.4 Å². The van der Waals surface area contributed by atoms with Crippen LogP contribution in [0, 0.1) is 0 Å². The number of hydrogen-bond donors (Lipinski definition) is 1. The summed E-state index contributed by atoms with van der Waals surface area (Å²) in [7, 11) is 0. The van der Waals surface area contributed by atoms with Gasteiger partial charge in [-0.2, -0.15) is 0 Å². The second-order valence-electron chi connectivity index (χ2n) is 6.90. The molecule has 0 aromatic heterocycles. The van der Waals surface area contributed by atoms with E-state index in [1.165, 1.54) is 12.1 Å². The van der Waals surface area contributed by atoms with Crippen molar-refractivity contribution in [3.05, 3.63) is 71.3 Å². The minimum absolute atomic E-state index is 0.0957. The molecule has 1 N–H and O–H groups in total. The van der Waals surface area contributed by atoms with Gasteiger partial charge in [-0.05, 0) is 36.6 Å². The zero-order valence-corrected chi connectivity index (χ0v) is 15.7. The van der Waals surface area contributed by atoms with Gasteiger partial charge in [0.1, 0.15) is 0 Å². The molecule has 1 heterocycles. The summed E-state index contributed by atoms with van der Waals surface area (Å²) in [4.78, 5) is 39.9. The lowest BCUT2D eigenvalue weighted by Crippen LogP contribution is -2.37. The average molecular weight is 380 g/mol. The summed E-state index contributed by atoms with van der Waals surface area (Å²) in [5, 5.41) is 9.11. The summed E-state index contributed by atoms with van der Waals surface area (Å²) in [6.45, 7) is 2.14. The molecule has 6 nitrogen and oxygen atoms in total. The summed E-state index contributed by atoms with van der Waals surface area (Å²) < 4.78 is 0. The highest BCUT2D eigenvalue weighted by Crippen LogP contribution is 2.13. The summed E-state index contributed by atoms with van der Waals surface area (Å²) in [6.07, 6.45) is 1.88. The highest BCUT2D eigenvalue weighted by Gasteiger charge is 2.23. The topological polar surface area (TPSA) is 77.9 Å². The van der Waals surface area contributed by atoms with E-state index in [0.717, 1.165) is 5.56 Å². The molecule has 3 rings (SSSR count). The fourth-order valence-electron chi connectivity index (χ4n) is 3.39. The molecule has 28 heavy (non-hydrogen) atoms. The number of carbonyl (C=O) groups excluding carboxylic acids is 2. The Labute approximate surface area is 164 Å². The third-order valence-corrected chi connectivity index (χ3v) is 4.96. The second-order valence-corrected chi connectivity index (χ2v) is 6.90. The molecule has 0 bridgehead atoms. The maximum absolute atomic E-state index is 12.7. The Bertz CT molecular complexity index is 851. The molecule has 0 unspecified atom stereocenters. The van der Waals surface area contributed by atoms with Crippen LogP contribution >= 0.6 is 0 Å². The molecule has 1 aliphatic heterocycles. The van der Waals surface area contributed by atoms with Gasteiger partial charge in [0.25, 0.3) is 5.91 Å². The van der Waals surface area contributed by atoms with E-state index in [9.17, 15) is 14.4 Å². The molecule has 2 aromatic rings. The monoisotopic (exact) mass is 380 g/mol. The third kappa shape index (κ3) is 4.97. The third-order valence-electron chi connectivity index (χ3n) is 4.96. The van der Waals surface area contributed by atoms with Gasteiger partial charge in [0.15, 0.2) is 0 Å². The Morgan fingerprint density at radius 1 is 0.821 bits per heavy atom. The molecule has 0 atom stereocenters. The SMILES string of the molecule is O=C(O)c1cccc(C(=O)N2CCCN(C(=O)CCc3ccccc3)CC2)c1. The van der Waals surface area contributed by atoms with E-state index < -0.39 is 5.97 Å². The van der Waals surface area contributed by atoms with Crippen molar-refractivity contribution in [2.24, 2.45) is 0 Å². The lowest BCUT2D eigenvalue weighted by atomic mass is 10.1. The highest BCUT2D eigenvalue weighted by atomic mass is 16.4. The van der Waals surface area contributed by atoms with Crippen molar-refractivity contribution in [1.82, 2.24) is 9.80 Å². The first kappa shape index (κ1) is 19.6. The predicted molar refractivity (Wildman–Crippen MR) is 105 cm³/mol. The molecule has 1 aliphatic rings. The molecule has 2 amide bonds. The Balaban J connectivity index is 1.57. The standard InChI is InChI=1S/C22H24N2O4/c25-20(11-10-17-6-2-1-3-7-17)23-12-5-13-24(15-14-23)21(26)18-8-4-9-19(16-18)22(27)28/h1-4,6-9,16H,5,10-15H2,(H,27,28). The van der Waals surface area contributed by atoms with Crippen LogP contribution < -0.4 is 0 Å². The van der Waals surface area contributed by atoms with Gasteiger partial charge < -0.3 is 14.9 Å². The minimum atomic E-state index is -1.05. The van der Waals surface area contributed by atoms with E-state index in [0.29, 0.717) is 51.0 Å². The van der Waals surface area contributed by atoms with Crippen LogP contribution in [0.25, 0.3) is 0 Å². The van der Waals surface area contributed by atoms with Crippen LogP contribution in [0.5, 0.6) is 0 Å². The van der Waals surface area contributed by atoms with Crippen molar-refractivity contribution in [3.8, 4) is 0 Å². The lowest BCUT2D eigenvalue weighted by molar-refractivity contribution is -0.131. The predicted octanol–water partition coefficient (Wildman–Crippen LogP) is 2.69. The molecule has 1 fully saturated rings. The number of aryl methyl sites for hydroxylation is 1. The fourth-order valence-corrected chi connectivity index (χ4v) is 3.39. The van der Waals surface area contributed by atoms with Gasteiger partial charge in [0, 0.05) is 38.2 Å². The molecule has 6 heteroatoms. The Kier molecular flexibility index (Phi) is 6.42. The first-order valence-corrected chi connectivity index (χ1v) is 9.49. The van der Waals surface area contributed by atoms with Crippen LogP contribution in [0.1, 0.15) is 39.1 Å². The normalized spacial score (nSPS) is 14.4. The van der Waals surface area contributed by atoms with Crippen LogP contribution in [0.15, 0.2) is 54.6 Å². The van der Waals surface area contributed by atoms with Crippen LogP contribution in [-0.4, -0.2) is 58.9 Å². The fraction of sp³-hybridized carbons (Fsp3) is 0.318. The number of amides is 2. The number of carboxylic acids is 1. The van der Waals surface area contributed by atoms with E-state index in [1.807, 2.05) is 35.2 Å². The quantitative estimate of drug-likeness (QED) is 0.865. The van der Waals surface area contributed by atoms with Gasteiger partial charge >= 0.3 is 5.97 Å². The maximum Gasteiger partial charge on any atom is 0.335 e. The van der Waals surface area contributed by atoms with Crippen LogP contribution in [0.2, 0.25) is 0 Å². The maximum atomic E-state index is 12.7. The first-order chi connectivity index (χ1) is 13.5. The number of benzene rings is 2. The zero-order valence-electron chi connectivity index (χ0n) is 15.7. The summed E-state index contributed by atoms with van der Waals surface area (Å²) in [5.41, 5.74) is 1.60. The highest BCUT2D eigenvalue weighted by molar-refractivity contribution is 5.97. The van der Waals surface area contributed by atoms with Gasteiger partial charge in [-0.25, -0.2) is 4.79 Å². The van der Waals surface area contributed by atoms with Gasteiger partial charge in [0.05, 0.1) is 5.56 Å². The van der Waals surface area contributed by atoms with Gasteiger partial charge in [-0.15, -0.1) is 0 Å². The molecular formula is C22H24N2O4. The summed E-state index contributed by atoms with van der Waals surface area (Å²) >= 11 is 0. The number of carbonyl (C=O) groups is 3. The van der Waals surface area contributed by atoms with Crippen LogP contribution in [0.4, 0.5) is 0 Å². The van der Waals surface area contributed by atoms with Crippen molar-refractivity contribution in [1.29, 1.82) is 0 Å². The van der Waals surface area contributed by atoms with Crippen LogP contribution in [0.3, 0.4) is 0 Å². The number of hydrogen-bond acceptors (Lipinski definition) is 3. The summed E-state index contributed by atoms with van der Waals surface area (Å²) in [6, 6.07) is 16.0. The van der Waals surface area contributed by atoms with Gasteiger partial charge in [0.2, 0.25) is 5.91 Å². The smallest absolute Gasteiger partial charge is 0.335 e. The molecule has 146 valence electrons. The average Bonchev–Trinajstić information content (AvgIpc) is 2.98. The van der Waals surface area contributed by atoms with E-state index in [-0.39, 0.29) is 17.4 Å². The zero-order chi connectivity index (χ0) is 19.9. The Morgan fingerprint density at radius 2 is 1.50 bits per heavy atom. The number of aromatic carboxylic acids is 1. The van der Waals surface area contributed by atoms with Crippen molar-refractivity contribution >= 4 is 17.8 Å². The number of nitrogens with zero attached hydrogens (tertiary/aromatic N) is 2. The lowest BCUT2D eigenvalue weighted by Gasteiger charge is -2.22. The summed E-state index contributed by atoms with van der Waals surface area (Å²) in [5.74, 6) is -1.14. The minimum Gasteiger partial charge on any atom is -0.478 e. The molecule has 0 spiro atoms. The molecule has 0 radical (unpaired) electrons. The largest absolute Gasteiger partial charge is 0.478 e. The van der Waals surface area contributed by atoms with E-state index in [4.69, 9.17) is 5.11 Å². The van der Waals surface area contributed by atoms with Crippen molar-refractivity contribution in [3.63, 3.8) is 0 Å². The van der Waals surface area contributed by atoms with E-state index >= 15 is 0 Å². The molecule has 2 aromatic carbocycles. The van der Waals surface area contributed by atoms with Gasteiger partial charge in [-0.3, -0.25) is 9.59 Å². The van der Waals surface area contributed by atoms with Crippen LogP contribution in [-0.2, 0) is 11.2 Å². The number of rotatable bonds is 5. The van der Waals surface area contributed by atoms with Crippen molar-refractivity contribution in [2.45, 2.75) is 19.3 Å². The Morgan fingerprint density at radius 3 is 2.25 bits per heavy atom. The second kappa shape index (κ2) is 9.17. The first-order valence-electron chi connectivity index (χ1n) is 9.49. The van der Waals surface area contributed by atoms with E-state index in [2.05, 4.69) is 0 Å². The molecular weight excluding hydrogens is 356 g/mol. The molecule has 0 saturated carbocycles.